The van der Waals surface area contributed by atoms with Crippen LogP contribution >= 0.6 is 0 Å². The van der Waals surface area contributed by atoms with Crippen LogP contribution in [-0.2, 0) is 133 Å². The Labute approximate surface area is 610 Å². The molecule has 2 atom stereocenters. The summed E-state index contributed by atoms with van der Waals surface area (Å²) >= 11 is 0. The zero-order chi connectivity index (χ0) is 76.6. The van der Waals surface area contributed by atoms with Crippen molar-refractivity contribution < 1.29 is 141 Å². The zero-order valence-corrected chi connectivity index (χ0v) is 62.5. The van der Waals surface area contributed by atoms with E-state index in [2.05, 4.69) is 0 Å². The van der Waals surface area contributed by atoms with Gasteiger partial charge in [-0.05, 0) is 97.3 Å². The summed E-state index contributed by atoms with van der Waals surface area (Å²) in [7, 11) is -22.2. The molecule has 0 aliphatic carbocycles. The highest BCUT2D eigenvalue weighted by molar-refractivity contribution is 7.87. The van der Waals surface area contributed by atoms with Crippen LogP contribution in [0.5, 0.6) is 0 Å². The van der Waals surface area contributed by atoms with Gasteiger partial charge in [0, 0.05) is 80.1 Å². The van der Waals surface area contributed by atoms with E-state index in [-0.39, 0.29) is 185 Å². The fraction of sp³-hybridized carbons (Fsp3) is 0.522. The van der Waals surface area contributed by atoms with Gasteiger partial charge < -0.3 is 66.4 Å². The summed E-state index contributed by atoms with van der Waals surface area (Å²) in [6, 6.07) is 9.31. The molecule has 0 bridgehead atoms. The van der Waals surface area contributed by atoms with Crippen LogP contribution in [0.2, 0.25) is 0 Å². The number of hydrogen-bond acceptors (Lipinski definition) is 27. The fourth-order valence-electron chi connectivity index (χ4n) is 12.3. The second kappa shape index (κ2) is 39.6. The Kier molecular flexibility index (Phi) is 32.4. The molecule has 0 spiro atoms. The summed E-state index contributed by atoms with van der Waals surface area (Å²) < 4.78 is 244. The molecule has 38 heteroatoms. The Balaban J connectivity index is 1.08. The highest BCUT2D eigenvalue weighted by Gasteiger charge is 2.50. The first-order valence-corrected chi connectivity index (χ1v) is 40.5. The predicted octanol–water partition coefficient (Wildman–Crippen LogP) is 4.82. The molecule has 1 fully saturated rings. The molecule has 4 aromatic carbocycles. The molecular formula is C67H89N3O30S5. The van der Waals surface area contributed by atoms with E-state index in [9.17, 15) is 79.2 Å². The van der Waals surface area contributed by atoms with Crippen LogP contribution in [0.1, 0.15) is 63.5 Å². The third-order valence-corrected chi connectivity index (χ3v) is 21.3. The summed E-state index contributed by atoms with van der Waals surface area (Å²) in [6.07, 6.45) is 11.6. The van der Waals surface area contributed by atoms with Gasteiger partial charge in [-0.3, -0.25) is 27.8 Å². The van der Waals surface area contributed by atoms with Crippen molar-refractivity contribution in [2.75, 3.05) is 170 Å². The van der Waals surface area contributed by atoms with Crippen molar-refractivity contribution in [3.05, 3.63) is 108 Å². The molecule has 105 heavy (non-hydrogen) atoms. The van der Waals surface area contributed by atoms with Crippen LogP contribution in [0.4, 0.5) is 11.4 Å². The first kappa shape index (κ1) is 85.8. The van der Waals surface area contributed by atoms with E-state index in [1.165, 1.54) is 19.2 Å². The number of imide groups is 1. The van der Waals surface area contributed by atoms with Crippen LogP contribution < -0.4 is 4.90 Å². The van der Waals surface area contributed by atoms with Gasteiger partial charge in [0.2, 0.25) is 5.69 Å². The smallest absolute Gasteiger partial charge is 0.335 e. The minimum atomic E-state index is -5.37. The summed E-state index contributed by atoms with van der Waals surface area (Å²) in [5.74, 6) is -2.58. The number of carbonyl (C=O) groups excluding carboxylic acids is 3. The van der Waals surface area contributed by atoms with E-state index in [1.807, 2.05) is 16.4 Å². The Morgan fingerprint density at radius 2 is 0.990 bits per heavy atom. The third-order valence-electron chi connectivity index (χ3n) is 17.1. The Hall–Kier alpha value is -6.45. The highest BCUT2D eigenvalue weighted by atomic mass is 32.2. The molecule has 33 nitrogen and oxygen atoms in total. The van der Waals surface area contributed by atoms with Crippen LogP contribution in [0.25, 0.3) is 21.5 Å². The minimum absolute atomic E-state index is 0.00221. The first-order valence-electron chi connectivity index (χ1n) is 33.2. The average Bonchev–Trinajstić information content (AvgIpc) is 1.59. The average molecular weight is 1580 g/mol. The Morgan fingerprint density at radius 3 is 1.50 bits per heavy atom. The van der Waals surface area contributed by atoms with Crippen molar-refractivity contribution in [3.63, 3.8) is 0 Å². The molecule has 2 unspecified atom stereocenters. The Morgan fingerprint density at radius 1 is 0.524 bits per heavy atom. The van der Waals surface area contributed by atoms with Crippen molar-refractivity contribution in [1.29, 1.82) is 0 Å². The molecular weight excluding hydrogens is 1490 g/mol. The molecule has 3 aliphatic heterocycles. The van der Waals surface area contributed by atoms with Crippen molar-refractivity contribution in [2.24, 2.45) is 0 Å². The lowest BCUT2D eigenvalue weighted by molar-refractivity contribution is -0.441. The van der Waals surface area contributed by atoms with Gasteiger partial charge in [-0.15, -0.1) is 5.06 Å². The number of amides is 2. The van der Waals surface area contributed by atoms with Gasteiger partial charge in [-0.2, -0.15) is 38.2 Å². The van der Waals surface area contributed by atoms with Crippen LogP contribution in [0, 0.1) is 0 Å². The van der Waals surface area contributed by atoms with Gasteiger partial charge in [0.05, 0.1) is 151 Å². The predicted molar refractivity (Wildman–Crippen MR) is 376 cm³/mol. The SMILES string of the molecule is COCCOCCOCCOCCC1(C)\C(=C/C=C/C=C/C=C/C2=[N+](CCOC)c3ccc4c(S(=O)(=O)O)cc(S(=O)(=O)O)cc4c3C2(C)CCCS(=O)(=O)O)N(CCOCCOCCOCCOCCOCCOCCC(=O)ON2C(=O)CCC2=O)c2ccc3c(S(=O)(=O)[O-])cc(S(=O)(=O)O)cc3c21. The summed E-state index contributed by atoms with van der Waals surface area (Å²) in [5.41, 5.74) is 0.175. The molecule has 0 aromatic heterocycles. The molecule has 4 N–H and O–H groups in total. The number of rotatable bonds is 49. The molecule has 582 valence electrons. The van der Waals surface area contributed by atoms with Crippen molar-refractivity contribution in [1.82, 2.24) is 5.06 Å². The number of hydrogen-bond donors (Lipinski definition) is 4. The van der Waals surface area contributed by atoms with Gasteiger partial charge in [0.1, 0.15) is 21.6 Å². The number of ether oxygens (including phenoxy) is 11. The van der Waals surface area contributed by atoms with Crippen molar-refractivity contribution in [2.45, 2.75) is 82.8 Å². The van der Waals surface area contributed by atoms with Gasteiger partial charge >= 0.3 is 5.97 Å². The van der Waals surface area contributed by atoms with Gasteiger partial charge in [0.25, 0.3) is 52.3 Å². The molecule has 4 aromatic rings. The maximum Gasteiger partial charge on any atom is 0.335 e. The number of nitrogens with zero attached hydrogens (tertiary/aromatic N) is 3. The second-order valence-corrected chi connectivity index (χ2v) is 31.5. The van der Waals surface area contributed by atoms with E-state index in [0.717, 1.165) is 12.1 Å². The number of carbonyl (C=O) groups is 3. The molecule has 2 amide bonds. The lowest BCUT2D eigenvalue weighted by Crippen LogP contribution is -2.32. The number of allylic oxidation sites excluding steroid dienone is 8. The maximum atomic E-state index is 12.9. The van der Waals surface area contributed by atoms with Crippen molar-refractivity contribution >= 4 is 107 Å². The highest BCUT2D eigenvalue weighted by Crippen LogP contribution is 2.54. The van der Waals surface area contributed by atoms with Gasteiger partial charge in [-0.1, -0.05) is 36.4 Å². The molecule has 3 aliphatic rings. The molecule has 7 rings (SSSR count). The largest absolute Gasteiger partial charge is 0.744 e. The number of hydroxylamine groups is 2. The number of anilines is 1. The van der Waals surface area contributed by atoms with Gasteiger partial charge in [0.15, 0.2) is 12.3 Å². The standard InChI is InChI=1S/C67H89N3O30S5/c1-66(20-10-44-101(74,75)76)59(68(22-26-89-3)55-15-13-51-53(64(55)66)45-49(102(77,78)79)47-57(51)104(83,84)85)11-8-6-5-7-9-12-60-67(2,21-25-92-31-34-96-37-36-94-29-28-90-4)65-54-46-50(103(80,81)82)48-58(105(86,87)88)52(54)14-16-56(65)69(60)23-27-93-32-35-97-39-41-99-43-42-98-40-38-95-33-30-91-24-19-63(73)100-70-61(71)17-18-62(70)72/h5-9,11-16,45-48H,10,17-44H2,1-4H3,(H4-,74,75,76,77,78,79,80,81,82,83,84,85,86,87,88). The number of benzene rings is 4. The van der Waals surface area contributed by atoms with Gasteiger partial charge in [-0.25, -0.2) is 13.2 Å². The van der Waals surface area contributed by atoms with Crippen LogP contribution in [0.3, 0.4) is 0 Å². The van der Waals surface area contributed by atoms with Crippen molar-refractivity contribution in [3.8, 4) is 0 Å². The Bertz CT molecular complexity index is 4450. The summed E-state index contributed by atoms with van der Waals surface area (Å²) in [4.78, 5) is 38.4. The minimum Gasteiger partial charge on any atom is -0.744 e. The monoisotopic (exact) mass is 1580 g/mol. The summed E-state index contributed by atoms with van der Waals surface area (Å²) in [6.45, 7) is 8.07. The van der Waals surface area contributed by atoms with Crippen LogP contribution in [0.15, 0.2) is 116 Å². The molecule has 0 saturated carbocycles. The van der Waals surface area contributed by atoms with E-state index < -0.39 is 105 Å². The molecule has 1 saturated heterocycles. The fourth-order valence-corrected chi connectivity index (χ4v) is 15.4. The van der Waals surface area contributed by atoms with E-state index in [1.54, 1.807) is 68.7 Å². The first-order chi connectivity index (χ1) is 49.8. The second-order valence-electron chi connectivity index (χ2n) is 24.3. The number of methoxy groups -OCH3 is 2. The lowest BCUT2D eigenvalue weighted by atomic mass is 9.74. The molecule has 0 radical (unpaired) electrons. The summed E-state index contributed by atoms with van der Waals surface area (Å²) in [5, 5.41) is 0.286. The van der Waals surface area contributed by atoms with Crippen LogP contribution in [-0.4, -0.2) is 263 Å². The molecule has 3 heterocycles. The maximum absolute atomic E-state index is 12.9. The van der Waals surface area contributed by atoms with E-state index >= 15 is 0 Å². The third kappa shape index (κ3) is 24.3. The van der Waals surface area contributed by atoms with E-state index in [0.29, 0.717) is 70.9 Å². The normalized spacial score (nSPS) is 18.0. The zero-order valence-electron chi connectivity index (χ0n) is 58.5. The topological polar surface area (TPSA) is 446 Å². The number of fused-ring (bicyclic) bond motifs is 6. The van der Waals surface area contributed by atoms with E-state index in [4.69, 9.17) is 56.9 Å². The quantitative estimate of drug-likeness (QED) is 0.0151. The lowest BCUT2D eigenvalue weighted by Gasteiger charge is -2.31.